The fourth-order valence-electron chi connectivity index (χ4n) is 2.71. The molecule has 1 aliphatic heterocycles. The van der Waals surface area contributed by atoms with E-state index in [-0.39, 0.29) is 5.91 Å². The lowest BCUT2D eigenvalue weighted by molar-refractivity contribution is 0.0936. The molecule has 1 aromatic rings. The molecule has 2 rings (SSSR count). The molecule has 4 nitrogen and oxygen atoms in total. The Kier molecular flexibility index (Phi) is 4.43. The zero-order chi connectivity index (χ0) is 13.8. The third kappa shape index (κ3) is 3.70. The molecule has 0 spiro atoms. The number of hydrogen-bond donors (Lipinski definition) is 2. The molecule has 1 unspecified atom stereocenters. The summed E-state index contributed by atoms with van der Waals surface area (Å²) in [6.45, 7) is 4.91. The third-order valence-corrected chi connectivity index (χ3v) is 3.77. The lowest BCUT2D eigenvalue weighted by Crippen LogP contribution is -2.39. The van der Waals surface area contributed by atoms with Crippen molar-refractivity contribution in [2.45, 2.75) is 19.8 Å². The number of benzene rings is 1. The molecule has 4 heteroatoms. The highest BCUT2D eigenvalue weighted by molar-refractivity contribution is 5.96. The summed E-state index contributed by atoms with van der Waals surface area (Å²) in [4.78, 5) is 14.5. The van der Waals surface area contributed by atoms with Gasteiger partial charge < -0.3 is 16.0 Å². The van der Waals surface area contributed by atoms with E-state index in [1.54, 1.807) is 12.1 Å². The summed E-state index contributed by atoms with van der Waals surface area (Å²) >= 11 is 0. The summed E-state index contributed by atoms with van der Waals surface area (Å²) in [5.41, 5.74) is 8.04. The van der Waals surface area contributed by atoms with Crippen LogP contribution >= 0.6 is 0 Å². The van der Waals surface area contributed by atoms with Crippen molar-refractivity contribution in [3.63, 3.8) is 0 Å². The Balaban J connectivity index is 1.90. The Morgan fingerprint density at radius 1 is 1.53 bits per heavy atom. The van der Waals surface area contributed by atoms with Gasteiger partial charge in [0.05, 0.1) is 0 Å². The van der Waals surface area contributed by atoms with Crippen molar-refractivity contribution in [1.29, 1.82) is 0 Å². The smallest absolute Gasteiger partial charge is 0.251 e. The Morgan fingerprint density at radius 3 is 3.00 bits per heavy atom. The maximum atomic E-state index is 12.1. The first-order chi connectivity index (χ1) is 9.06. The molecular formula is C15H23N3O. The number of amides is 1. The number of anilines is 1. The van der Waals surface area contributed by atoms with Crippen LogP contribution in [0.2, 0.25) is 0 Å². The van der Waals surface area contributed by atoms with Crippen LogP contribution in [0.1, 0.15) is 28.8 Å². The van der Waals surface area contributed by atoms with Gasteiger partial charge in [-0.3, -0.25) is 4.79 Å². The molecule has 1 amide bonds. The zero-order valence-corrected chi connectivity index (χ0v) is 11.8. The number of carbonyl (C=O) groups excluding carboxylic acids is 1. The maximum Gasteiger partial charge on any atom is 0.251 e. The number of nitrogen functional groups attached to an aromatic ring is 1. The van der Waals surface area contributed by atoms with E-state index in [1.807, 2.05) is 13.0 Å². The molecule has 1 saturated heterocycles. The van der Waals surface area contributed by atoms with Crippen molar-refractivity contribution in [3.8, 4) is 0 Å². The fraction of sp³-hybridized carbons (Fsp3) is 0.533. The lowest BCUT2D eigenvalue weighted by Gasteiger charge is -2.29. The van der Waals surface area contributed by atoms with E-state index in [0.29, 0.717) is 11.6 Å². The SMILES string of the molecule is Cc1cc(N)ccc1C(=O)NCC1CCCN(C)C1. The summed E-state index contributed by atoms with van der Waals surface area (Å²) in [5.74, 6) is 0.572. The van der Waals surface area contributed by atoms with Gasteiger partial charge in [0.2, 0.25) is 0 Å². The van der Waals surface area contributed by atoms with Crippen LogP contribution < -0.4 is 11.1 Å². The summed E-state index contributed by atoms with van der Waals surface area (Å²) in [7, 11) is 2.14. The summed E-state index contributed by atoms with van der Waals surface area (Å²) < 4.78 is 0. The van der Waals surface area contributed by atoms with Crippen LogP contribution in [0.5, 0.6) is 0 Å². The van der Waals surface area contributed by atoms with E-state index >= 15 is 0 Å². The molecular weight excluding hydrogens is 238 g/mol. The highest BCUT2D eigenvalue weighted by Gasteiger charge is 2.18. The molecule has 1 atom stereocenters. The molecule has 104 valence electrons. The fourth-order valence-corrected chi connectivity index (χ4v) is 2.71. The van der Waals surface area contributed by atoms with Crippen molar-refractivity contribution >= 4 is 11.6 Å². The molecule has 19 heavy (non-hydrogen) atoms. The van der Waals surface area contributed by atoms with Crippen molar-refractivity contribution in [1.82, 2.24) is 10.2 Å². The topological polar surface area (TPSA) is 58.4 Å². The van der Waals surface area contributed by atoms with E-state index in [9.17, 15) is 4.79 Å². The third-order valence-electron chi connectivity index (χ3n) is 3.77. The Labute approximate surface area is 115 Å². The minimum atomic E-state index is 0.00530. The maximum absolute atomic E-state index is 12.1. The van der Waals surface area contributed by atoms with E-state index in [0.717, 1.165) is 24.2 Å². The van der Waals surface area contributed by atoms with Gasteiger partial charge in [-0.05, 0) is 63.0 Å². The second-order valence-corrected chi connectivity index (χ2v) is 5.55. The van der Waals surface area contributed by atoms with Crippen molar-refractivity contribution in [2.24, 2.45) is 5.92 Å². The number of nitrogens with zero attached hydrogens (tertiary/aromatic N) is 1. The molecule has 0 radical (unpaired) electrons. The second kappa shape index (κ2) is 6.06. The number of carbonyl (C=O) groups is 1. The number of nitrogens with one attached hydrogen (secondary N) is 1. The van der Waals surface area contributed by atoms with Gasteiger partial charge in [0.15, 0.2) is 0 Å². The number of aryl methyl sites for hydroxylation is 1. The van der Waals surface area contributed by atoms with Crippen molar-refractivity contribution < 1.29 is 4.79 Å². The quantitative estimate of drug-likeness (QED) is 0.813. The highest BCUT2D eigenvalue weighted by atomic mass is 16.1. The van der Waals surface area contributed by atoms with Crippen LogP contribution in [0.25, 0.3) is 0 Å². The Hall–Kier alpha value is -1.55. The average Bonchev–Trinajstić information content (AvgIpc) is 2.36. The summed E-state index contributed by atoms with van der Waals surface area (Å²) in [6.07, 6.45) is 2.42. The molecule has 1 aromatic carbocycles. The molecule has 0 saturated carbocycles. The molecule has 0 aromatic heterocycles. The summed E-state index contributed by atoms with van der Waals surface area (Å²) in [6, 6.07) is 5.41. The van der Waals surface area contributed by atoms with Gasteiger partial charge in [0.1, 0.15) is 0 Å². The van der Waals surface area contributed by atoms with Gasteiger partial charge in [0, 0.05) is 24.3 Å². The van der Waals surface area contributed by atoms with Gasteiger partial charge in [-0.1, -0.05) is 0 Å². The molecule has 3 N–H and O–H groups in total. The van der Waals surface area contributed by atoms with Gasteiger partial charge in [-0.25, -0.2) is 0 Å². The molecule has 1 fully saturated rings. The Bertz CT molecular complexity index is 459. The molecule has 0 aliphatic carbocycles. The molecule has 1 aliphatic rings. The number of piperidine rings is 1. The predicted octanol–water partition coefficient (Wildman–Crippen LogP) is 1.65. The van der Waals surface area contributed by atoms with Gasteiger partial charge >= 0.3 is 0 Å². The van der Waals surface area contributed by atoms with Gasteiger partial charge in [-0.2, -0.15) is 0 Å². The van der Waals surface area contributed by atoms with E-state index < -0.39 is 0 Å². The monoisotopic (exact) mass is 261 g/mol. The van der Waals surface area contributed by atoms with Crippen LogP contribution in [0.15, 0.2) is 18.2 Å². The first kappa shape index (κ1) is 13.9. The lowest BCUT2D eigenvalue weighted by atomic mass is 9.98. The predicted molar refractivity (Wildman–Crippen MR) is 78.1 cm³/mol. The normalized spacial score (nSPS) is 20.2. The minimum Gasteiger partial charge on any atom is -0.399 e. The first-order valence-corrected chi connectivity index (χ1v) is 6.89. The highest BCUT2D eigenvalue weighted by Crippen LogP contribution is 2.15. The van der Waals surface area contributed by atoms with Crippen LogP contribution in [-0.2, 0) is 0 Å². The van der Waals surface area contributed by atoms with Crippen LogP contribution in [-0.4, -0.2) is 37.5 Å². The number of likely N-dealkylation sites (tertiary alicyclic amines) is 1. The summed E-state index contributed by atoms with van der Waals surface area (Å²) in [5, 5.41) is 3.04. The van der Waals surface area contributed by atoms with Crippen LogP contribution in [0.3, 0.4) is 0 Å². The molecule has 0 bridgehead atoms. The van der Waals surface area contributed by atoms with E-state index in [4.69, 9.17) is 5.73 Å². The van der Waals surface area contributed by atoms with E-state index in [1.165, 1.54) is 19.4 Å². The zero-order valence-electron chi connectivity index (χ0n) is 11.8. The van der Waals surface area contributed by atoms with Gasteiger partial charge in [-0.15, -0.1) is 0 Å². The minimum absolute atomic E-state index is 0.00530. The average molecular weight is 261 g/mol. The van der Waals surface area contributed by atoms with Gasteiger partial charge in [0.25, 0.3) is 5.91 Å². The van der Waals surface area contributed by atoms with E-state index in [2.05, 4.69) is 17.3 Å². The van der Waals surface area contributed by atoms with Crippen LogP contribution in [0.4, 0.5) is 5.69 Å². The Morgan fingerprint density at radius 2 is 2.32 bits per heavy atom. The first-order valence-electron chi connectivity index (χ1n) is 6.89. The van der Waals surface area contributed by atoms with Crippen LogP contribution in [0, 0.1) is 12.8 Å². The standard InChI is InChI=1S/C15H23N3O/c1-11-8-13(16)5-6-14(11)15(19)17-9-12-4-3-7-18(2)10-12/h5-6,8,12H,3-4,7,9-10,16H2,1-2H3,(H,17,19). The number of nitrogens with two attached hydrogens (primary N) is 1. The number of hydrogen-bond acceptors (Lipinski definition) is 3. The number of rotatable bonds is 3. The van der Waals surface area contributed by atoms with Crippen molar-refractivity contribution in [2.75, 3.05) is 32.4 Å². The second-order valence-electron chi connectivity index (χ2n) is 5.55. The molecule has 1 heterocycles. The largest absolute Gasteiger partial charge is 0.399 e. The van der Waals surface area contributed by atoms with Crippen molar-refractivity contribution in [3.05, 3.63) is 29.3 Å².